The molecular weight excluding hydrogens is 176 g/mol. The van der Waals surface area contributed by atoms with Crippen LogP contribution in [0.5, 0.6) is 0 Å². The van der Waals surface area contributed by atoms with Crippen molar-refractivity contribution in [1.29, 1.82) is 0 Å². The van der Waals surface area contributed by atoms with Gasteiger partial charge in [0.25, 0.3) is 0 Å². The molecule has 0 spiro atoms. The second-order valence-corrected chi connectivity index (χ2v) is 3.83. The highest BCUT2D eigenvalue weighted by atomic mass is 16.1. The van der Waals surface area contributed by atoms with Crippen LogP contribution in [0, 0.1) is 27.7 Å². The molecule has 2 aromatic rings. The lowest BCUT2D eigenvalue weighted by atomic mass is 9.98. The van der Waals surface area contributed by atoms with Crippen LogP contribution in [-0.2, 0) is 0 Å². The summed E-state index contributed by atoms with van der Waals surface area (Å²) in [6, 6.07) is 0. The first-order chi connectivity index (χ1) is 6.52. The van der Waals surface area contributed by atoms with Crippen LogP contribution in [-0.4, -0.2) is 9.97 Å². The summed E-state index contributed by atoms with van der Waals surface area (Å²) < 4.78 is 0. The van der Waals surface area contributed by atoms with E-state index in [1.54, 1.807) is 0 Å². The first-order valence-corrected chi connectivity index (χ1v) is 4.70. The molecule has 0 aliphatic heterocycles. The van der Waals surface area contributed by atoms with Crippen LogP contribution in [0.3, 0.4) is 0 Å². The summed E-state index contributed by atoms with van der Waals surface area (Å²) >= 11 is 0. The van der Waals surface area contributed by atoms with E-state index < -0.39 is 0 Å². The minimum Gasteiger partial charge on any atom is -0.305 e. The maximum absolute atomic E-state index is 11.2. The van der Waals surface area contributed by atoms with Gasteiger partial charge >= 0.3 is 5.69 Å². The molecule has 0 fully saturated rings. The Bertz CT molecular complexity index is 513. The molecule has 1 aromatic heterocycles. The van der Waals surface area contributed by atoms with Crippen LogP contribution in [0.15, 0.2) is 4.79 Å². The van der Waals surface area contributed by atoms with Crippen molar-refractivity contribution in [2.45, 2.75) is 27.7 Å². The zero-order valence-electron chi connectivity index (χ0n) is 8.91. The Morgan fingerprint density at radius 1 is 0.714 bits per heavy atom. The zero-order chi connectivity index (χ0) is 10.5. The van der Waals surface area contributed by atoms with Crippen molar-refractivity contribution in [3.05, 3.63) is 32.7 Å². The Morgan fingerprint density at radius 3 is 1.43 bits per heavy atom. The van der Waals surface area contributed by atoms with Crippen molar-refractivity contribution in [2.24, 2.45) is 0 Å². The third-order valence-electron chi connectivity index (χ3n) is 3.16. The second-order valence-electron chi connectivity index (χ2n) is 3.83. The molecular formula is C11H14N2O. The van der Waals surface area contributed by atoms with E-state index in [1.165, 1.54) is 11.1 Å². The number of H-pyrrole nitrogens is 2. The van der Waals surface area contributed by atoms with Gasteiger partial charge in [0.05, 0.1) is 11.0 Å². The van der Waals surface area contributed by atoms with Crippen LogP contribution in [0.1, 0.15) is 22.3 Å². The van der Waals surface area contributed by atoms with Gasteiger partial charge in [-0.1, -0.05) is 0 Å². The van der Waals surface area contributed by atoms with Gasteiger partial charge in [0.1, 0.15) is 0 Å². The Labute approximate surface area is 82.2 Å². The molecule has 0 amide bonds. The molecule has 74 valence electrons. The van der Waals surface area contributed by atoms with Crippen LogP contribution in [0.4, 0.5) is 0 Å². The van der Waals surface area contributed by atoms with E-state index in [0.717, 1.165) is 22.2 Å². The maximum atomic E-state index is 11.2. The van der Waals surface area contributed by atoms with E-state index in [9.17, 15) is 4.79 Å². The lowest BCUT2D eigenvalue weighted by Gasteiger charge is -2.09. The summed E-state index contributed by atoms with van der Waals surface area (Å²) in [6.07, 6.45) is 0. The Kier molecular flexibility index (Phi) is 1.77. The van der Waals surface area contributed by atoms with E-state index in [0.29, 0.717) is 0 Å². The zero-order valence-corrected chi connectivity index (χ0v) is 8.91. The van der Waals surface area contributed by atoms with Gasteiger partial charge in [0.2, 0.25) is 0 Å². The van der Waals surface area contributed by atoms with Crippen LogP contribution >= 0.6 is 0 Å². The van der Waals surface area contributed by atoms with Crippen LogP contribution in [0.2, 0.25) is 0 Å². The van der Waals surface area contributed by atoms with Crippen molar-refractivity contribution in [1.82, 2.24) is 9.97 Å². The average molecular weight is 190 g/mol. The first-order valence-electron chi connectivity index (χ1n) is 4.70. The van der Waals surface area contributed by atoms with Gasteiger partial charge in [-0.2, -0.15) is 0 Å². The van der Waals surface area contributed by atoms with Gasteiger partial charge < -0.3 is 9.97 Å². The van der Waals surface area contributed by atoms with E-state index in [4.69, 9.17) is 0 Å². The number of hydrogen-bond acceptors (Lipinski definition) is 1. The lowest BCUT2D eigenvalue weighted by molar-refractivity contribution is 1.21. The Morgan fingerprint density at radius 2 is 1.07 bits per heavy atom. The van der Waals surface area contributed by atoms with E-state index in [-0.39, 0.29) is 5.69 Å². The molecule has 0 aliphatic rings. The van der Waals surface area contributed by atoms with Crippen molar-refractivity contribution in [3.63, 3.8) is 0 Å². The number of aryl methyl sites for hydroxylation is 2. The molecule has 0 saturated carbocycles. The van der Waals surface area contributed by atoms with Gasteiger partial charge in [0.15, 0.2) is 0 Å². The van der Waals surface area contributed by atoms with Crippen molar-refractivity contribution in [2.75, 3.05) is 0 Å². The lowest BCUT2D eigenvalue weighted by Crippen LogP contribution is -1.99. The molecule has 0 atom stereocenters. The number of aromatic amines is 2. The summed E-state index contributed by atoms with van der Waals surface area (Å²) in [5.74, 6) is 0. The highest BCUT2D eigenvalue weighted by molar-refractivity contribution is 5.84. The standard InChI is InChI=1S/C11H14N2O/c1-5-6(2)8(4)10-9(7(5)3)12-11(14)13-10/h1-4H3,(H2,12,13,14). The quantitative estimate of drug-likeness (QED) is 0.656. The number of aromatic nitrogens is 2. The highest BCUT2D eigenvalue weighted by Gasteiger charge is 2.10. The molecule has 0 saturated heterocycles. The van der Waals surface area contributed by atoms with E-state index >= 15 is 0 Å². The molecule has 3 heteroatoms. The fourth-order valence-corrected chi connectivity index (χ4v) is 1.88. The van der Waals surface area contributed by atoms with Crippen LogP contribution < -0.4 is 5.69 Å². The van der Waals surface area contributed by atoms with Gasteiger partial charge in [-0.3, -0.25) is 0 Å². The number of imidazole rings is 1. The number of fused-ring (bicyclic) bond motifs is 1. The molecule has 14 heavy (non-hydrogen) atoms. The van der Waals surface area contributed by atoms with Crippen molar-refractivity contribution in [3.8, 4) is 0 Å². The third-order valence-corrected chi connectivity index (χ3v) is 3.16. The SMILES string of the molecule is Cc1c(C)c(C)c2[nH]c(=O)[nH]c2c1C. The number of rotatable bonds is 0. The minimum absolute atomic E-state index is 0.129. The summed E-state index contributed by atoms with van der Waals surface area (Å²) in [7, 11) is 0. The molecule has 1 heterocycles. The average Bonchev–Trinajstić information content (AvgIpc) is 2.54. The molecule has 2 N–H and O–H groups in total. The Hall–Kier alpha value is -1.51. The summed E-state index contributed by atoms with van der Waals surface area (Å²) in [6.45, 7) is 8.24. The summed E-state index contributed by atoms with van der Waals surface area (Å²) in [4.78, 5) is 16.9. The van der Waals surface area contributed by atoms with E-state index in [1.807, 2.05) is 13.8 Å². The largest absolute Gasteiger partial charge is 0.323 e. The van der Waals surface area contributed by atoms with Crippen LogP contribution in [0.25, 0.3) is 11.0 Å². The fourth-order valence-electron chi connectivity index (χ4n) is 1.88. The minimum atomic E-state index is -0.129. The normalized spacial score (nSPS) is 11.1. The number of nitrogens with one attached hydrogen (secondary N) is 2. The molecule has 0 radical (unpaired) electrons. The molecule has 0 bridgehead atoms. The smallest absolute Gasteiger partial charge is 0.305 e. The fraction of sp³-hybridized carbons (Fsp3) is 0.364. The van der Waals surface area contributed by atoms with E-state index in [2.05, 4.69) is 23.8 Å². The van der Waals surface area contributed by atoms with Gasteiger partial charge in [-0.05, 0) is 49.9 Å². The molecule has 3 nitrogen and oxygen atoms in total. The molecule has 0 aliphatic carbocycles. The number of benzene rings is 1. The van der Waals surface area contributed by atoms with Crippen molar-refractivity contribution >= 4 is 11.0 Å². The second kappa shape index (κ2) is 2.74. The summed E-state index contributed by atoms with van der Waals surface area (Å²) in [5, 5.41) is 0. The first kappa shape index (κ1) is 9.06. The molecule has 2 rings (SSSR count). The third kappa shape index (κ3) is 1.02. The molecule has 0 unspecified atom stereocenters. The number of hydrogen-bond donors (Lipinski definition) is 2. The predicted molar refractivity (Wildman–Crippen MR) is 57.9 cm³/mol. The monoisotopic (exact) mass is 190 g/mol. The predicted octanol–water partition coefficient (Wildman–Crippen LogP) is 2.09. The maximum Gasteiger partial charge on any atom is 0.323 e. The molecule has 1 aromatic carbocycles. The topological polar surface area (TPSA) is 48.6 Å². The highest BCUT2D eigenvalue weighted by Crippen LogP contribution is 2.25. The van der Waals surface area contributed by atoms with Crippen molar-refractivity contribution < 1.29 is 0 Å². The Balaban J connectivity index is 3.08. The van der Waals surface area contributed by atoms with Gasteiger partial charge in [-0.25, -0.2) is 4.79 Å². The van der Waals surface area contributed by atoms with Gasteiger partial charge in [0, 0.05) is 0 Å². The summed E-state index contributed by atoms with van der Waals surface area (Å²) in [5.41, 5.74) is 6.57. The van der Waals surface area contributed by atoms with Gasteiger partial charge in [-0.15, -0.1) is 0 Å².